The van der Waals surface area contributed by atoms with Crippen molar-refractivity contribution in [2.24, 2.45) is 0 Å². The van der Waals surface area contributed by atoms with Crippen LogP contribution in [0.2, 0.25) is 0 Å². The van der Waals surface area contributed by atoms with Crippen LogP contribution in [0.4, 0.5) is 0 Å². The molecule has 0 heterocycles. The van der Waals surface area contributed by atoms with E-state index in [1.54, 1.807) is 0 Å². The molecule has 0 aliphatic carbocycles. The molecule has 0 spiro atoms. The second-order valence-corrected chi connectivity index (χ2v) is 9.41. The third kappa shape index (κ3) is 26.5. The largest absolute Gasteiger partial charge is 0.462 e. The molecule has 0 N–H and O–H groups in total. The van der Waals surface area contributed by atoms with Crippen LogP contribution in [-0.2, 0) is 28.6 Å². The fourth-order valence-corrected chi connectivity index (χ4v) is 3.29. The van der Waals surface area contributed by atoms with Gasteiger partial charge in [-0.05, 0) is 19.3 Å². The molecule has 218 valence electrons. The molecule has 0 saturated carbocycles. The Balaban J connectivity index is 4.60. The number of rotatable bonds is 20. The maximum atomic E-state index is 12.3. The maximum absolute atomic E-state index is 12.3. The molecule has 0 amide bonds. The number of hydrogen-bond donors (Lipinski definition) is 0. The van der Waals surface area contributed by atoms with E-state index in [9.17, 15) is 14.4 Å². The van der Waals surface area contributed by atoms with Crippen molar-refractivity contribution < 1.29 is 28.6 Å². The summed E-state index contributed by atoms with van der Waals surface area (Å²) < 4.78 is 16.0. The highest BCUT2D eigenvalue weighted by molar-refractivity contribution is 5.71. The SMILES string of the molecule is CCCCCC#CCCC(=O)OCC(COC(=O)CCC#CCCCCC)OC(=O)CCC#CCCCCC. The van der Waals surface area contributed by atoms with Crippen molar-refractivity contribution >= 4 is 17.9 Å². The van der Waals surface area contributed by atoms with Crippen molar-refractivity contribution in [1.82, 2.24) is 0 Å². The van der Waals surface area contributed by atoms with Gasteiger partial charge in [-0.3, -0.25) is 14.4 Å². The Labute approximate surface area is 237 Å². The van der Waals surface area contributed by atoms with Gasteiger partial charge in [-0.15, -0.1) is 35.5 Å². The fourth-order valence-electron chi connectivity index (χ4n) is 3.29. The Morgan fingerprint density at radius 2 is 0.821 bits per heavy atom. The monoisotopic (exact) mass is 542 g/mol. The highest BCUT2D eigenvalue weighted by Crippen LogP contribution is 2.05. The standard InChI is InChI=1S/C33H50O6/c1-4-7-10-13-16-19-22-25-31(34)37-28-30(39-33(36)27-24-21-18-15-12-9-6-3)29-38-32(35)26-23-20-17-14-11-8-5-2/h30H,4-15,22-29H2,1-3H3. The highest BCUT2D eigenvalue weighted by atomic mass is 16.6. The molecule has 0 atom stereocenters. The predicted molar refractivity (Wildman–Crippen MR) is 155 cm³/mol. The third-order valence-electron chi connectivity index (χ3n) is 5.61. The lowest BCUT2D eigenvalue weighted by atomic mass is 10.2. The van der Waals surface area contributed by atoms with Crippen LogP contribution in [0.3, 0.4) is 0 Å². The summed E-state index contributed by atoms with van der Waals surface area (Å²) in [6.07, 6.45) is 13.4. The minimum Gasteiger partial charge on any atom is -0.462 e. The van der Waals surface area contributed by atoms with Crippen LogP contribution >= 0.6 is 0 Å². The summed E-state index contributed by atoms with van der Waals surface area (Å²) in [6.45, 7) is 6.07. The third-order valence-corrected chi connectivity index (χ3v) is 5.61. The van der Waals surface area contributed by atoms with Gasteiger partial charge in [-0.1, -0.05) is 59.3 Å². The van der Waals surface area contributed by atoms with Gasteiger partial charge in [0.1, 0.15) is 13.2 Å². The van der Waals surface area contributed by atoms with Crippen molar-refractivity contribution in [3.05, 3.63) is 0 Å². The van der Waals surface area contributed by atoms with Crippen molar-refractivity contribution in [2.75, 3.05) is 13.2 Å². The van der Waals surface area contributed by atoms with E-state index in [2.05, 4.69) is 56.3 Å². The summed E-state index contributed by atoms with van der Waals surface area (Å²) >= 11 is 0. The molecule has 0 unspecified atom stereocenters. The van der Waals surface area contributed by atoms with Gasteiger partial charge in [0, 0.05) is 38.5 Å². The molecule has 0 aromatic carbocycles. The topological polar surface area (TPSA) is 78.9 Å². The minimum absolute atomic E-state index is 0.125. The molecule has 0 aliphatic heterocycles. The average Bonchev–Trinajstić information content (AvgIpc) is 2.93. The first kappa shape index (κ1) is 36.1. The lowest BCUT2D eigenvalue weighted by molar-refractivity contribution is -0.166. The second-order valence-electron chi connectivity index (χ2n) is 9.41. The Morgan fingerprint density at radius 3 is 1.18 bits per heavy atom. The Hall–Kier alpha value is -2.91. The molecule has 0 bridgehead atoms. The summed E-state index contributed by atoms with van der Waals surface area (Å²) in [4.78, 5) is 36.6. The lowest BCUT2D eigenvalue weighted by Gasteiger charge is -2.17. The number of hydrogen-bond acceptors (Lipinski definition) is 6. The van der Waals surface area contributed by atoms with E-state index in [0.717, 1.165) is 77.0 Å². The van der Waals surface area contributed by atoms with Gasteiger partial charge < -0.3 is 14.2 Å². The van der Waals surface area contributed by atoms with E-state index in [-0.39, 0.29) is 32.5 Å². The zero-order valence-corrected chi connectivity index (χ0v) is 24.7. The minimum atomic E-state index is -0.872. The predicted octanol–water partition coefficient (Wildman–Crippen LogP) is 7.08. The lowest BCUT2D eigenvalue weighted by Crippen LogP contribution is -2.30. The van der Waals surface area contributed by atoms with Gasteiger partial charge in [0.15, 0.2) is 6.10 Å². The number of carbonyl (C=O) groups is 3. The van der Waals surface area contributed by atoms with Crippen LogP contribution < -0.4 is 0 Å². The summed E-state index contributed by atoms with van der Waals surface area (Å²) in [5, 5.41) is 0. The number of esters is 3. The Morgan fingerprint density at radius 1 is 0.487 bits per heavy atom. The molecular weight excluding hydrogens is 492 g/mol. The van der Waals surface area contributed by atoms with Crippen LogP contribution in [0.1, 0.15) is 136 Å². The molecule has 39 heavy (non-hydrogen) atoms. The first-order valence-corrected chi connectivity index (χ1v) is 14.9. The van der Waals surface area contributed by atoms with Crippen LogP contribution in [0.25, 0.3) is 0 Å². The molecule has 0 rings (SSSR count). The van der Waals surface area contributed by atoms with E-state index in [4.69, 9.17) is 14.2 Å². The molecule has 0 aromatic rings. The molecule has 0 saturated heterocycles. The quantitative estimate of drug-likeness (QED) is 0.0708. The number of ether oxygens (including phenoxy) is 3. The zero-order valence-electron chi connectivity index (χ0n) is 24.7. The smallest absolute Gasteiger partial charge is 0.307 e. The summed E-state index contributed by atoms with van der Waals surface area (Å²) in [7, 11) is 0. The summed E-state index contributed by atoms with van der Waals surface area (Å²) in [5.74, 6) is 16.8. The van der Waals surface area contributed by atoms with Crippen LogP contribution in [0.15, 0.2) is 0 Å². The van der Waals surface area contributed by atoms with E-state index in [0.29, 0.717) is 19.3 Å². The van der Waals surface area contributed by atoms with E-state index in [1.165, 1.54) is 0 Å². The van der Waals surface area contributed by atoms with Gasteiger partial charge in [0.2, 0.25) is 0 Å². The number of unbranched alkanes of at least 4 members (excludes halogenated alkanes) is 9. The first-order valence-electron chi connectivity index (χ1n) is 14.9. The molecule has 0 fully saturated rings. The van der Waals surface area contributed by atoms with Crippen LogP contribution in [-0.4, -0.2) is 37.2 Å². The average molecular weight is 543 g/mol. The van der Waals surface area contributed by atoms with Crippen molar-refractivity contribution in [2.45, 2.75) is 142 Å². The molecule has 6 nitrogen and oxygen atoms in total. The van der Waals surface area contributed by atoms with Gasteiger partial charge in [0.05, 0.1) is 19.3 Å². The second kappa shape index (κ2) is 28.1. The van der Waals surface area contributed by atoms with Gasteiger partial charge in [-0.25, -0.2) is 0 Å². The van der Waals surface area contributed by atoms with Crippen molar-refractivity contribution in [3.63, 3.8) is 0 Å². The Bertz CT molecular complexity index is 795. The van der Waals surface area contributed by atoms with E-state index in [1.807, 2.05) is 0 Å². The van der Waals surface area contributed by atoms with Gasteiger partial charge in [0.25, 0.3) is 0 Å². The highest BCUT2D eigenvalue weighted by Gasteiger charge is 2.19. The summed E-state index contributed by atoms with van der Waals surface area (Å²) in [6, 6.07) is 0. The summed E-state index contributed by atoms with van der Waals surface area (Å²) in [5.41, 5.74) is 0. The zero-order chi connectivity index (χ0) is 28.8. The normalized spacial score (nSPS) is 9.85. The maximum Gasteiger partial charge on any atom is 0.307 e. The first-order chi connectivity index (χ1) is 19.0. The number of carbonyl (C=O) groups excluding carboxylic acids is 3. The van der Waals surface area contributed by atoms with Crippen LogP contribution in [0.5, 0.6) is 0 Å². The van der Waals surface area contributed by atoms with Gasteiger partial charge in [-0.2, -0.15) is 0 Å². The molecule has 0 aromatic heterocycles. The van der Waals surface area contributed by atoms with Gasteiger partial charge >= 0.3 is 17.9 Å². The molecule has 0 aliphatic rings. The molecular formula is C33H50O6. The fraction of sp³-hybridized carbons (Fsp3) is 0.727. The molecule has 0 radical (unpaired) electrons. The van der Waals surface area contributed by atoms with Crippen molar-refractivity contribution in [3.8, 4) is 35.5 Å². The van der Waals surface area contributed by atoms with Crippen LogP contribution in [0, 0.1) is 35.5 Å². The van der Waals surface area contributed by atoms with Crippen molar-refractivity contribution in [1.29, 1.82) is 0 Å². The van der Waals surface area contributed by atoms with E-state index >= 15 is 0 Å². The van der Waals surface area contributed by atoms with E-state index < -0.39 is 24.0 Å². The Kier molecular flexibility index (Phi) is 26.0. The molecule has 6 heteroatoms.